The highest BCUT2D eigenvalue weighted by Crippen LogP contribution is 2.22. The van der Waals surface area contributed by atoms with Gasteiger partial charge in [-0.1, -0.05) is 13.8 Å². The van der Waals surface area contributed by atoms with Crippen LogP contribution in [0.25, 0.3) is 11.5 Å². The molecule has 0 atom stereocenters. The van der Waals surface area contributed by atoms with E-state index >= 15 is 0 Å². The van der Waals surface area contributed by atoms with Crippen LogP contribution in [0.4, 0.5) is 0 Å². The van der Waals surface area contributed by atoms with Gasteiger partial charge in [0.25, 0.3) is 0 Å². The van der Waals surface area contributed by atoms with E-state index in [2.05, 4.69) is 42.2 Å². The molecular weight excluding hydrogens is 252 g/mol. The van der Waals surface area contributed by atoms with Crippen molar-refractivity contribution in [2.75, 3.05) is 13.1 Å². The molecule has 0 saturated carbocycles. The third-order valence-corrected chi connectivity index (χ3v) is 3.24. The van der Waals surface area contributed by atoms with Gasteiger partial charge in [-0.2, -0.15) is 5.10 Å². The van der Waals surface area contributed by atoms with Crippen LogP contribution in [-0.4, -0.2) is 27.9 Å². The fourth-order valence-electron chi connectivity index (χ4n) is 2.12. The molecule has 0 aliphatic heterocycles. The number of rotatable bonds is 8. The van der Waals surface area contributed by atoms with Gasteiger partial charge in [0.2, 0.25) is 0 Å². The molecule has 20 heavy (non-hydrogen) atoms. The first kappa shape index (κ1) is 14.8. The molecule has 0 spiro atoms. The molecule has 0 aliphatic rings. The molecule has 0 fully saturated rings. The standard InChI is InChI=1S/C15H24N4O/c1-4-8-16-9-7-15-17-11-14(20-15)13-10-12(5-2)18-19(13)6-3/h10-11,16H,4-9H2,1-3H3. The van der Waals surface area contributed by atoms with Crippen molar-refractivity contribution < 1.29 is 4.42 Å². The molecule has 0 aromatic carbocycles. The zero-order valence-electron chi connectivity index (χ0n) is 12.6. The summed E-state index contributed by atoms with van der Waals surface area (Å²) >= 11 is 0. The van der Waals surface area contributed by atoms with Gasteiger partial charge in [-0.05, 0) is 32.4 Å². The van der Waals surface area contributed by atoms with E-state index in [0.29, 0.717) is 0 Å². The first-order chi connectivity index (χ1) is 9.78. The molecular formula is C15H24N4O. The second-order valence-corrected chi connectivity index (χ2v) is 4.81. The zero-order valence-corrected chi connectivity index (χ0v) is 12.6. The van der Waals surface area contributed by atoms with Crippen LogP contribution in [0.5, 0.6) is 0 Å². The lowest BCUT2D eigenvalue weighted by atomic mass is 10.3. The topological polar surface area (TPSA) is 55.9 Å². The monoisotopic (exact) mass is 276 g/mol. The Hall–Kier alpha value is -1.62. The van der Waals surface area contributed by atoms with Gasteiger partial charge < -0.3 is 9.73 Å². The van der Waals surface area contributed by atoms with Crippen molar-refractivity contribution in [3.8, 4) is 11.5 Å². The molecule has 0 radical (unpaired) electrons. The fraction of sp³-hybridized carbons (Fsp3) is 0.600. The van der Waals surface area contributed by atoms with Gasteiger partial charge in [0, 0.05) is 19.5 Å². The maximum atomic E-state index is 5.84. The van der Waals surface area contributed by atoms with Gasteiger partial charge in [-0.25, -0.2) is 4.98 Å². The zero-order chi connectivity index (χ0) is 14.4. The van der Waals surface area contributed by atoms with E-state index in [1.54, 1.807) is 6.20 Å². The maximum Gasteiger partial charge on any atom is 0.196 e. The van der Waals surface area contributed by atoms with Crippen LogP contribution in [0.15, 0.2) is 16.7 Å². The Morgan fingerprint density at radius 3 is 2.80 bits per heavy atom. The summed E-state index contributed by atoms with van der Waals surface area (Å²) in [5.41, 5.74) is 2.11. The molecule has 0 aliphatic carbocycles. The highest BCUT2D eigenvalue weighted by molar-refractivity contribution is 5.52. The Kier molecular flexibility index (Phi) is 5.35. The van der Waals surface area contributed by atoms with Crippen LogP contribution in [0.1, 0.15) is 38.8 Å². The predicted molar refractivity (Wildman–Crippen MR) is 79.6 cm³/mol. The van der Waals surface area contributed by atoms with Gasteiger partial charge in [0.15, 0.2) is 11.7 Å². The van der Waals surface area contributed by atoms with Crippen molar-refractivity contribution in [3.63, 3.8) is 0 Å². The van der Waals surface area contributed by atoms with Crippen molar-refractivity contribution >= 4 is 0 Å². The van der Waals surface area contributed by atoms with Crippen molar-refractivity contribution in [1.29, 1.82) is 0 Å². The maximum absolute atomic E-state index is 5.84. The molecule has 2 rings (SSSR count). The van der Waals surface area contributed by atoms with Gasteiger partial charge in [-0.3, -0.25) is 4.68 Å². The molecule has 2 aromatic rings. The summed E-state index contributed by atoms with van der Waals surface area (Å²) in [6.45, 7) is 9.13. The molecule has 0 saturated heterocycles. The lowest BCUT2D eigenvalue weighted by Crippen LogP contribution is -2.17. The van der Waals surface area contributed by atoms with Gasteiger partial charge in [0.1, 0.15) is 5.69 Å². The second-order valence-electron chi connectivity index (χ2n) is 4.81. The third-order valence-electron chi connectivity index (χ3n) is 3.24. The van der Waals surface area contributed by atoms with E-state index in [0.717, 1.165) is 61.9 Å². The molecule has 5 heteroatoms. The van der Waals surface area contributed by atoms with E-state index in [-0.39, 0.29) is 0 Å². The fourth-order valence-corrected chi connectivity index (χ4v) is 2.12. The van der Waals surface area contributed by atoms with Crippen LogP contribution >= 0.6 is 0 Å². The highest BCUT2D eigenvalue weighted by atomic mass is 16.4. The van der Waals surface area contributed by atoms with E-state index in [4.69, 9.17) is 4.42 Å². The Balaban J connectivity index is 2.06. The number of aromatic nitrogens is 3. The van der Waals surface area contributed by atoms with Crippen LogP contribution < -0.4 is 5.32 Å². The first-order valence-electron chi connectivity index (χ1n) is 7.51. The second kappa shape index (κ2) is 7.24. The minimum atomic E-state index is 0.783. The predicted octanol–water partition coefficient (Wildman–Crippen LogP) is 2.66. The lowest BCUT2D eigenvalue weighted by Gasteiger charge is -2.01. The average Bonchev–Trinajstić information content (AvgIpc) is 3.09. The summed E-state index contributed by atoms with van der Waals surface area (Å²) in [5, 5.41) is 7.89. The van der Waals surface area contributed by atoms with E-state index in [9.17, 15) is 0 Å². The Labute approximate surface area is 120 Å². The molecule has 110 valence electrons. The summed E-state index contributed by atoms with van der Waals surface area (Å²) < 4.78 is 7.81. The van der Waals surface area contributed by atoms with E-state index < -0.39 is 0 Å². The number of hydrogen-bond donors (Lipinski definition) is 1. The molecule has 0 unspecified atom stereocenters. The van der Waals surface area contributed by atoms with Crippen molar-refractivity contribution in [2.24, 2.45) is 0 Å². The molecule has 5 nitrogen and oxygen atoms in total. The normalized spacial score (nSPS) is 11.2. The van der Waals surface area contributed by atoms with Gasteiger partial charge >= 0.3 is 0 Å². The van der Waals surface area contributed by atoms with Crippen molar-refractivity contribution in [3.05, 3.63) is 23.8 Å². The van der Waals surface area contributed by atoms with Crippen molar-refractivity contribution in [2.45, 2.75) is 46.6 Å². The average molecular weight is 276 g/mol. The summed E-state index contributed by atoms with van der Waals surface area (Å²) in [7, 11) is 0. The van der Waals surface area contributed by atoms with Crippen LogP contribution in [0.2, 0.25) is 0 Å². The smallest absolute Gasteiger partial charge is 0.196 e. The number of nitrogens with zero attached hydrogens (tertiary/aromatic N) is 3. The van der Waals surface area contributed by atoms with Crippen LogP contribution in [0, 0.1) is 0 Å². The Morgan fingerprint density at radius 2 is 2.10 bits per heavy atom. The lowest BCUT2D eigenvalue weighted by molar-refractivity contribution is 0.489. The van der Waals surface area contributed by atoms with Crippen molar-refractivity contribution in [1.82, 2.24) is 20.1 Å². The summed E-state index contributed by atoms with van der Waals surface area (Å²) in [4.78, 5) is 4.35. The van der Waals surface area contributed by atoms with E-state index in [1.807, 2.05) is 4.68 Å². The highest BCUT2D eigenvalue weighted by Gasteiger charge is 2.12. The largest absolute Gasteiger partial charge is 0.439 e. The van der Waals surface area contributed by atoms with Crippen LogP contribution in [-0.2, 0) is 19.4 Å². The van der Waals surface area contributed by atoms with Gasteiger partial charge in [-0.15, -0.1) is 0 Å². The number of nitrogens with one attached hydrogen (secondary N) is 1. The Bertz CT molecular complexity index is 530. The summed E-state index contributed by atoms with van der Waals surface area (Å²) in [6, 6.07) is 2.09. The first-order valence-corrected chi connectivity index (χ1v) is 7.51. The quantitative estimate of drug-likeness (QED) is 0.753. The molecule has 1 N–H and O–H groups in total. The minimum absolute atomic E-state index is 0.783. The molecule has 2 heterocycles. The minimum Gasteiger partial charge on any atom is -0.439 e. The molecule has 2 aromatic heterocycles. The summed E-state index contributed by atoms with van der Waals surface area (Å²) in [6.07, 6.45) is 4.70. The number of hydrogen-bond acceptors (Lipinski definition) is 4. The molecule has 0 amide bonds. The van der Waals surface area contributed by atoms with E-state index in [1.165, 1.54) is 0 Å². The molecule has 0 bridgehead atoms. The SMILES string of the molecule is CCCNCCc1ncc(-c2cc(CC)nn2CC)o1. The number of aryl methyl sites for hydroxylation is 2. The third kappa shape index (κ3) is 3.48. The van der Waals surface area contributed by atoms with Crippen LogP contribution in [0.3, 0.4) is 0 Å². The number of oxazole rings is 1. The van der Waals surface area contributed by atoms with Gasteiger partial charge in [0.05, 0.1) is 11.9 Å². The summed E-state index contributed by atoms with van der Waals surface area (Å²) in [5.74, 6) is 1.59. The Morgan fingerprint density at radius 1 is 1.25 bits per heavy atom.